The molecule has 1 aromatic heterocycles. The lowest BCUT2D eigenvalue weighted by atomic mass is 10.2. The normalized spacial score (nSPS) is 10.6. The van der Waals surface area contributed by atoms with Crippen molar-refractivity contribution in [1.29, 1.82) is 0 Å². The fourth-order valence-electron chi connectivity index (χ4n) is 1.61. The van der Waals surface area contributed by atoms with Crippen molar-refractivity contribution in [2.45, 2.75) is 0 Å². The largest absolute Gasteiger partial charge is 0.496 e. The smallest absolute Gasteiger partial charge is 0.281 e. The lowest BCUT2D eigenvalue weighted by Gasteiger charge is -2.09. The first-order valence-corrected chi connectivity index (χ1v) is 7.20. The van der Waals surface area contributed by atoms with Crippen LogP contribution in [0.25, 0.3) is 0 Å². The molecule has 2 rings (SSSR count). The SMILES string of the molecule is COc1cc(OC)c(/C=N\NC(=O)c2cccs2)cc1Cl. The van der Waals surface area contributed by atoms with Gasteiger partial charge in [-0.1, -0.05) is 17.7 Å². The molecule has 2 aromatic rings. The van der Waals surface area contributed by atoms with Crippen molar-refractivity contribution in [3.05, 3.63) is 45.1 Å². The Labute approximate surface area is 131 Å². The first kappa shape index (κ1) is 15.3. The first-order valence-electron chi connectivity index (χ1n) is 5.94. The Hall–Kier alpha value is -2.05. The van der Waals surface area contributed by atoms with Crippen LogP contribution in [-0.4, -0.2) is 26.3 Å². The summed E-state index contributed by atoms with van der Waals surface area (Å²) in [6, 6.07) is 6.83. The van der Waals surface area contributed by atoms with E-state index in [4.69, 9.17) is 21.1 Å². The molecule has 0 aliphatic rings. The topological polar surface area (TPSA) is 59.9 Å². The van der Waals surface area contributed by atoms with Crippen molar-refractivity contribution in [2.75, 3.05) is 14.2 Å². The van der Waals surface area contributed by atoms with E-state index >= 15 is 0 Å². The van der Waals surface area contributed by atoms with Gasteiger partial charge >= 0.3 is 0 Å². The number of hydrogen-bond donors (Lipinski definition) is 1. The fraction of sp³-hybridized carbons (Fsp3) is 0.143. The zero-order valence-corrected chi connectivity index (χ0v) is 13.0. The highest BCUT2D eigenvalue weighted by Crippen LogP contribution is 2.31. The van der Waals surface area contributed by atoms with Gasteiger partial charge in [0.2, 0.25) is 0 Å². The minimum absolute atomic E-state index is 0.264. The summed E-state index contributed by atoms with van der Waals surface area (Å²) in [6.07, 6.45) is 1.47. The Bertz CT molecular complexity index is 656. The molecule has 0 spiro atoms. The van der Waals surface area contributed by atoms with E-state index in [-0.39, 0.29) is 5.91 Å². The number of benzene rings is 1. The maximum atomic E-state index is 11.7. The van der Waals surface area contributed by atoms with Crippen LogP contribution in [0.15, 0.2) is 34.7 Å². The average Bonchev–Trinajstić information content (AvgIpc) is 3.01. The number of ether oxygens (including phenoxy) is 2. The zero-order chi connectivity index (χ0) is 15.2. The minimum Gasteiger partial charge on any atom is -0.496 e. The number of amides is 1. The van der Waals surface area contributed by atoms with E-state index in [0.717, 1.165) is 0 Å². The molecule has 1 heterocycles. The molecular formula is C14H13ClN2O3S. The Kier molecular flexibility index (Phi) is 5.19. The Morgan fingerprint density at radius 3 is 2.71 bits per heavy atom. The Morgan fingerprint density at radius 1 is 1.33 bits per heavy atom. The number of nitrogens with one attached hydrogen (secondary N) is 1. The summed E-state index contributed by atoms with van der Waals surface area (Å²) in [5.74, 6) is 0.790. The molecule has 0 unspecified atom stereocenters. The predicted octanol–water partition coefficient (Wildman–Crippen LogP) is 3.18. The Balaban J connectivity index is 2.13. The molecule has 5 nitrogen and oxygen atoms in total. The van der Waals surface area contributed by atoms with Gasteiger partial charge in [-0.2, -0.15) is 5.10 Å². The van der Waals surface area contributed by atoms with E-state index in [0.29, 0.717) is 27.0 Å². The van der Waals surface area contributed by atoms with Crippen molar-refractivity contribution in [3.8, 4) is 11.5 Å². The number of carbonyl (C=O) groups is 1. The Morgan fingerprint density at radius 2 is 2.10 bits per heavy atom. The van der Waals surface area contributed by atoms with Crippen molar-refractivity contribution in [2.24, 2.45) is 5.10 Å². The lowest BCUT2D eigenvalue weighted by molar-refractivity contribution is 0.0959. The fourth-order valence-corrected chi connectivity index (χ4v) is 2.47. The number of hydrazone groups is 1. The van der Waals surface area contributed by atoms with Crippen LogP contribution < -0.4 is 14.9 Å². The van der Waals surface area contributed by atoms with Crippen LogP contribution >= 0.6 is 22.9 Å². The van der Waals surface area contributed by atoms with Crippen LogP contribution in [0.5, 0.6) is 11.5 Å². The maximum absolute atomic E-state index is 11.7. The molecule has 0 atom stereocenters. The van der Waals surface area contributed by atoms with Crippen LogP contribution in [0.2, 0.25) is 5.02 Å². The van der Waals surface area contributed by atoms with Crippen LogP contribution in [0.3, 0.4) is 0 Å². The van der Waals surface area contributed by atoms with Gasteiger partial charge in [-0.3, -0.25) is 4.79 Å². The van der Waals surface area contributed by atoms with E-state index in [1.54, 1.807) is 24.3 Å². The zero-order valence-electron chi connectivity index (χ0n) is 11.4. The van der Waals surface area contributed by atoms with Gasteiger partial charge in [0.15, 0.2) is 0 Å². The highest BCUT2D eigenvalue weighted by atomic mass is 35.5. The van der Waals surface area contributed by atoms with Crippen LogP contribution in [0, 0.1) is 0 Å². The number of carbonyl (C=O) groups excluding carboxylic acids is 1. The summed E-state index contributed by atoms with van der Waals surface area (Å²) in [5.41, 5.74) is 3.08. The number of thiophene rings is 1. The predicted molar refractivity (Wildman–Crippen MR) is 83.9 cm³/mol. The monoisotopic (exact) mass is 324 g/mol. The molecule has 1 aromatic carbocycles. The summed E-state index contributed by atoms with van der Waals surface area (Å²) in [4.78, 5) is 12.3. The van der Waals surface area contributed by atoms with Crippen LogP contribution in [0.1, 0.15) is 15.2 Å². The third kappa shape index (κ3) is 3.74. The molecule has 0 bridgehead atoms. The summed E-state index contributed by atoms with van der Waals surface area (Å²) in [7, 11) is 3.06. The first-order chi connectivity index (χ1) is 10.2. The number of rotatable bonds is 5. The summed E-state index contributed by atoms with van der Waals surface area (Å²) < 4.78 is 10.3. The molecule has 7 heteroatoms. The van der Waals surface area contributed by atoms with Crippen molar-refractivity contribution in [3.63, 3.8) is 0 Å². The summed E-state index contributed by atoms with van der Waals surface area (Å²) in [5, 5.41) is 6.16. The molecule has 1 N–H and O–H groups in total. The van der Waals surface area contributed by atoms with Crippen molar-refractivity contribution < 1.29 is 14.3 Å². The molecule has 0 fully saturated rings. The number of nitrogens with zero attached hydrogens (tertiary/aromatic N) is 1. The molecule has 21 heavy (non-hydrogen) atoms. The van der Waals surface area contributed by atoms with Gasteiger partial charge in [0, 0.05) is 11.6 Å². The van der Waals surface area contributed by atoms with Gasteiger partial charge in [0.25, 0.3) is 5.91 Å². The van der Waals surface area contributed by atoms with E-state index < -0.39 is 0 Å². The van der Waals surface area contributed by atoms with Crippen molar-refractivity contribution in [1.82, 2.24) is 5.43 Å². The van der Waals surface area contributed by atoms with E-state index in [2.05, 4.69) is 10.5 Å². The lowest BCUT2D eigenvalue weighted by Crippen LogP contribution is -2.16. The minimum atomic E-state index is -0.264. The molecule has 0 aliphatic heterocycles. The quantitative estimate of drug-likeness (QED) is 0.678. The maximum Gasteiger partial charge on any atom is 0.281 e. The van der Waals surface area contributed by atoms with Gasteiger partial charge < -0.3 is 9.47 Å². The molecule has 1 amide bonds. The van der Waals surface area contributed by atoms with Gasteiger partial charge in [-0.05, 0) is 17.5 Å². The number of hydrogen-bond acceptors (Lipinski definition) is 5. The highest BCUT2D eigenvalue weighted by Gasteiger charge is 2.09. The van der Waals surface area contributed by atoms with E-state index in [1.165, 1.54) is 31.8 Å². The second-order valence-electron chi connectivity index (χ2n) is 3.91. The molecule has 0 radical (unpaired) electrons. The van der Waals surface area contributed by atoms with Gasteiger partial charge in [-0.25, -0.2) is 5.43 Å². The second kappa shape index (κ2) is 7.10. The van der Waals surface area contributed by atoms with Gasteiger partial charge in [-0.15, -0.1) is 11.3 Å². The second-order valence-corrected chi connectivity index (χ2v) is 5.26. The highest BCUT2D eigenvalue weighted by molar-refractivity contribution is 7.12. The van der Waals surface area contributed by atoms with E-state index in [9.17, 15) is 4.79 Å². The van der Waals surface area contributed by atoms with Crippen molar-refractivity contribution >= 4 is 35.1 Å². The van der Waals surface area contributed by atoms with Crippen LogP contribution in [0.4, 0.5) is 0 Å². The number of methoxy groups -OCH3 is 2. The third-order valence-electron chi connectivity index (χ3n) is 2.62. The molecule has 0 saturated heterocycles. The van der Waals surface area contributed by atoms with Crippen LogP contribution in [-0.2, 0) is 0 Å². The third-order valence-corrected chi connectivity index (χ3v) is 3.78. The van der Waals surface area contributed by atoms with Gasteiger partial charge in [0.1, 0.15) is 11.5 Å². The molecule has 0 aliphatic carbocycles. The summed E-state index contributed by atoms with van der Waals surface area (Å²) in [6.45, 7) is 0. The standard InChI is InChI=1S/C14H13ClN2O3S/c1-19-11-7-12(20-2)10(15)6-9(11)8-16-17-14(18)13-4-3-5-21-13/h3-8H,1-2H3,(H,17,18)/b16-8-. The molecular weight excluding hydrogens is 312 g/mol. The molecule has 110 valence electrons. The van der Waals surface area contributed by atoms with Gasteiger partial charge in [0.05, 0.1) is 30.3 Å². The van der Waals surface area contributed by atoms with E-state index in [1.807, 2.05) is 5.38 Å². The molecule has 0 saturated carbocycles. The summed E-state index contributed by atoms with van der Waals surface area (Å²) >= 11 is 7.40. The number of halogens is 1. The average molecular weight is 325 g/mol.